The van der Waals surface area contributed by atoms with Crippen LogP contribution >= 0.6 is 0 Å². The highest BCUT2D eigenvalue weighted by atomic mass is 16.5. The zero-order chi connectivity index (χ0) is 13.2. The van der Waals surface area contributed by atoms with Gasteiger partial charge in [0.05, 0.1) is 6.61 Å². The van der Waals surface area contributed by atoms with Crippen LogP contribution in [0.25, 0.3) is 0 Å². The van der Waals surface area contributed by atoms with Gasteiger partial charge in [-0.05, 0) is 12.5 Å². The predicted molar refractivity (Wildman–Crippen MR) is 73.7 cm³/mol. The molecule has 1 aromatic heterocycles. The summed E-state index contributed by atoms with van der Waals surface area (Å²) in [6, 6.07) is 8.07. The number of imidazole rings is 1. The van der Waals surface area contributed by atoms with E-state index in [1.807, 2.05) is 30.6 Å². The van der Waals surface area contributed by atoms with Gasteiger partial charge in [-0.15, -0.1) is 0 Å². The van der Waals surface area contributed by atoms with Crippen LogP contribution in [0.5, 0.6) is 5.75 Å². The maximum atomic E-state index is 12.1. The Labute approximate surface area is 112 Å². The van der Waals surface area contributed by atoms with Crippen LogP contribution in [0.4, 0.5) is 0 Å². The molecule has 1 unspecified atom stereocenters. The molecule has 3 rings (SSSR count). The summed E-state index contributed by atoms with van der Waals surface area (Å²) in [6.45, 7) is 4.20. The first kappa shape index (κ1) is 12.1. The number of nitrogens with zero attached hydrogens (tertiary/aromatic N) is 2. The van der Waals surface area contributed by atoms with Crippen LogP contribution in [0, 0.1) is 0 Å². The maximum Gasteiger partial charge on any atom is 0.328 e. The summed E-state index contributed by atoms with van der Waals surface area (Å²) in [5.41, 5.74) is 1.28. The molecule has 0 saturated carbocycles. The SMILES string of the molecule is CCCn1ccn(CC2COc3ccccc32)c1=O. The maximum absolute atomic E-state index is 12.1. The highest BCUT2D eigenvalue weighted by Crippen LogP contribution is 2.34. The number of aromatic nitrogens is 2. The van der Waals surface area contributed by atoms with E-state index in [4.69, 9.17) is 4.74 Å². The Morgan fingerprint density at radius 3 is 2.89 bits per heavy atom. The van der Waals surface area contributed by atoms with Crippen molar-refractivity contribution in [2.24, 2.45) is 0 Å². The minimum Gasteiger partial charge on any atom is -0.493 e. The second-order valence-electron chi connectivity index (χ2n) is 4.97. The molecule has 0 spiro atoms. The van der Waals surface area contributed by atoms with Crippen molar-refractivity contribution in [3.63, 3.8) is 0 Å². The van der Waals surface area contributed by atoms with Crippen LogP contribution in [0.15, 0.2) is 41.5 Å². The third kappa shape index (κ3) is 2.18. The number of ether oxygens (including phenoxy) is 1. The molecule has 0 bridgehead atoms. The van der Waals surface area contributed by atoms with Gasteiger partial charge in [0.25, 0.3) is 0 Å². The fourth-order valence-electron chi connectivity index (χ4n) is 2.62. The van der Waals surface area contributed by atoms with E-state index in [9.17, 15) is 4.79 Å². The minimum atomic E-state index is 0.0752. The van der Waals surface area contributed by atoms with E-state index in [2.05, 4.69) is 13.0 Å². The summed E-state index contributed by atoms with van der Waals surface area (Å²) in [4.78, 5) is 12.1. The van der Waals surface area contributed by atoms with Gasteiger partial charge < -0.3 is 4.74 Å². The van der Waals surface area contributed by atoms with E-state index in [1.54, 1.807) is 9.13 Å². The Hall–Kier alpha value is -1.97. The summed E-state index contributed by atoms with van der Waals surface area (Å²) >= 11 is 0. The molecule has 1 aliphatic rings. The molecule has 0 N–H and O–H groups in total. The molecule has 4 nitrogen and oxygen atoms in total. The Kier molecular flexibility index (Phi) is 3.15. The highest BCUT2D eigenvalue weighted by molar-refractivity contribution is 5.39. The molecule has 2 aromatic rings. The Balaban J connectivity index is 1.82. The lowest BCUT2D eigenvalue weighted by atomic mass is 10.0. The first-order chi connectivity index (χ1) is 9.29. The van der Waals surface area contributed by atoms with E-state index in [0.717, 1.165) is 18.7 Å². The molecular formula is C15H18N2O2. The van der Waals surface area contributed by atoms with Gasteiger partial charge in [-0.2, -0.15) is 0 Å². The van der Waals surface area contributed by atoms with E-state index in [-0.39, 0.29) is 11.6 Å². The number of hydrogen-bond donors (Lipinski definition) is 0. The third-order valence-electron chi connectivity index (χ3n) is 3.60. The van der Waals surface area contributed by atoms with Crippen molar-refractivity contribution in [1.29, 1.82) is 0 Å². The van der Waals surface area contributed by atoms with E-state index < -0.39 is 0 Å². The zero-order valence-electron chi connectivity index (χ0n) is 11.1. The van der Waals surface area contributed by atoms with E-state index >= 15 is 0 Å². The molecule has 1 atom stereocenters. The lowest BCUT2D eigenvalue weighted by Gasteiger charge is -2.08. The largest absolute Gasteiger partial charge is 0.493 e. The van der Waals surface area contributed by atoms with Gasteiger partial charge in [-0.25, -0.2) is 4.79 Å². The average Bonchev–Trinajstić information content (AvgIpc) is 2.98. The average molecular weight is 258 g/mol. The number of rotatable bonds is 4. The first-order valence-corrected chi connectivity index (χ1v) is 6.77. The van der Waals surface area contributed by atoms with Gasteiger partial charge in [-0.3, -0.25) is 9.13 Å². The van der Waals surface area contributed by atoms with Crippen LogP contribution in [-0.2, 0) is 13.1 Å². The zero-order valence-corrected chi connectivity index (χ0v) is 11.1. The normalized spacial score (nSPS) is 17.2. The number of para-hydroxylation sites is 1. The summed E-state index contributed by atoms with van der Waals surface area (Å²) < 4.78 is 9.20. The van der Waals surface area contributed by atoms with Crippen LogP contribution < -0.4 is 10.4 Å². The summed E-state index contributed by atoms with van der Waals surface area (Å²) in [5, 5.41) is 0. The van der Waals surface area contributed by atoms with Gasteiger partial charge in [0, 0.05) is 37.0 Å². The Morgan fingerprint density at radius 2 is 2.05 bits per heavy atom. The second-order valence-corrected chi connectivity index (χ2v) is 4.97. The molecule has 0 saturated heterocycles. The summed E-state index contributed by atoms with van der Waals surface area (Å²) in [5.74, 6) is 1.22. The third-order valence-corrected chi connectivity index (χ3v) is 3.60. The Morgan fingerprint density at radius 1 is 1.26 bits per heavy atom. The fraction of sp³-hybridized carbons (Fsp3) is 0.400. The molecule has 1 aromatic carbocycles. The number of hydrogen-bond acceptors (Lipinski definition) is 2. The first-order valence-electron chi connectivity index (χ1n) is 6.77. The molecule has 4 heteroatoms. The van der Waals surface area contributed by atoms with Crippen molar-refractivity contribution in [3.8, 4) is 5.75 Å². The molecule has 1 aliphatic heterocycles. The standard InChI is InChI=1S/C15H18N2O2/c1-2-7-16-8-9-17(15(16)18)10-12-11-19-14-6-4-3-5-13(12)14/h3-6,8-9,12H,2,7,10-11H2,1H3. The van der Waals surface area contributed by atoms with Crippen molar-refractivity contribution in [3.05, 3.63) is 52.7 Å². The second kappa shape index (κ2) is 4.96. The van der Waals surface area contributed by atoms with Crippen molar-refractivity contribution in [2.75, 3.05) is 6.61 Å². The molecule has 19 heavy (non-hydrogen) atoms. The van der Waals surface area contributed by atoms with Crippen LogP contribution in [0.1, 0.15) is 24.8 Å². The van der Waals surface area contributed by atoms with Gasteiger partial charge in [-0.1, -0.05) is 25.1 Å². The highest BCUT2D eigenvalue weighted by Gasteiger charge is 2.24. The Bertz CT molecular complexity index is 627. The van der Waals surface area contributed by atoms with Crippen LogP contribution in [-0.4, -0.2) is 15.7 Å². The number of benzene rings is 1. The molecule has 0 fully saturated rings. The van der Waals surface area contributed by atoms with Gasteiger partial charge in [0.15, 0.2) is 0 Å². The smallest absolute Gasteiger partial charge is 0.328 e. The predicted octanol–water partition coefficient (Wildman–Crippen LogP) is 2.24. The molecule has 0 amide bonds. The van der Waals surface area contributed by atoms with Gasteiger partial charge in [0.2, 0.25) is 0 Å². The van der Waals surface area contributed by atoms with Crippen molar-refractivity contribution < 1.29 is 4.74 Å². The summed E-state index contributed by atoms with van der Waals surface area (Å²) in [7, 11) is 0. The van der Waals surface area contributed by atoms with Crippen molar-refractivity contribution in [2.45, 2.75) is 32.4 Å². The molecule has 0 aliphatic carbocycles. The fourth-order valence-corrected chi connectivity index (χ4v) is 2.62. The minimum absolute atomic E-state index is 0.0752. The van der Waals surface area contributed by atoms with Crippen molar-refractivity contribution in [1.82, 2.24) is 9.13 Å². The molecule has 100 valence electrons. The number of aryl methyl sites for hydroxylation is 1. The quantitative estimate of drug-likeness (QED) is 0.843. The monoisotopic (exact) mass is 258 g/mol. The lowest BCUT2D eigenvalue weighted by Crippen LogP contribution is -2.26. The molecule has 2 heterocycles. The van der Waals surface area contributed by atoms with E-state index in [0.29, 0.717) is 13.2 Å². The molecular weight excluding hydrogens is 240 g/mol. The molecule has 0 radical (unpaired) electrons. The van der Waals surface area contributed by atoms with Gasteiger partial charge in [0.1, 0.15) is 5.75 Å². The van der Waals surface area contributed by atoms with Gasteiger partial charge >= 0.3 is 5.69 Å². The van der Waals surface area contributed by atoms with E-state index in [1.165, 1.54) is 5.56 Å². The van der Waals surface area contributed by atoms with Crippen LogP contribution in [0.3, 0.4) is 0 Å². The number of fused-ring (bicyclic) bond motifs is 1. The van der Waals surface area contributed by atoms with Crippen LogP contribution in [0.2, 0.25) is 0 Å². The lowest BCUT2D eigenvalue weighted by molar-refractivity contribution is 0.317. The van der Waals surface area contributed by atoms with Crippen molar-refractivity contribution >= 4 is 0 Å². The summed E-state index contributed by atoms with van der Waals surface area (Å²) in [6.07, 6.45) is 4.71. The topological polar surface area (TPSA) is 36.2 Å².